The highest BCUT2D eigenvalue weighted by Gasteiger charge is 2.15. The van der Waals surface area contributed by atoms with E-state index < -0.39 is 10.0 Å². The van der Waals surface area contributed by atoms with Gasteiger partial charge in [0.15, 0.2) is 5.03 Å². The maximum atomic E-state index is 11.8. The number of benzene rings is 1. The Hall–Kier alpha value is -2.33. The summed E-state index contributed by atoms with van der Waals surface area (Å²) in [6, 6.07) is 9.49. The maximum Gasteiger partial charge on any atom is 0.278 e. The van der Waals surface area contributed by atoms with Crippen LogP contribution in [0.4, 0.5) is 5.69 Å². The predicted molar refractivity (Wildman–Crippen MR) is 60.6 cm³/mol. The average molecular weight is 248 g/mol. The van der Waals surface area contributed by atoms with Crippen molar-refractivity contribution in [2.45, 2.75) is 5.03 Å². The molecule has 0 saturated heterocycles. The van der Waals surface area contributed by atoms with Crippen LogP contribution in [0.25, 0.3) is 0 Å². The third kappa shape index (κ3) is 2.43. The highest BCUT2D eigenvalue weighted by atomic mass is 32.2. The second-order valence-corrected chi connectivity index (χ2v) is 4.87. The van der Waals surface area contributed by atoms with E-state index in [1.807, 2.05) is 6.07 Å². The Balaban J connectivity index is 2.30. The first kappa shape index (κ1) is 11.2. The topological polar surface area (TPSA) is 98.6 Å². The second-order valence-electron chi connectivity index (χ2n) is 3.22. The Morgan fingerprint density at radius 1 is 1.35 bits per heavy atom. The van der Waals surface area contributed by atoms with Gasteiger partial charge >= 0.3 is 0 Å². The fourth-order valence-electron chi connectivity index (χ4n) is 1.26. The largest absolute Gasteiger partial charge is 0.278 e. The van der Waals surface area contributed by atoms with Gasteiger partial charge in [-0.3, -0.25) is 9.82 Å². The number of H-pyrrole nitrogens is 1. The summed E-state index contributed by atoms with van der Waals surface area (Å²) in [6.45, 7) is 0. The van der Waals surface area contributed by atoms with E-state index in [4.69, 9.17) is 5.26 Å². The van der Waals surface area contributed by atoms with E-state index in [2.05, 4.69) is 14.9 Å². The van der Waals surface area contributed by atoms with Crippen molar-refractivity contribution >= 4 is 15.7 Å². The lowest BCUT2D eigenvalue weighted by Gasteiger charge is -2.05. The zero-order chi connectivity index (χ0) is 12.3. The number of hydrogen-bond acceptors (Lipinski definition) is 4. The molecule has 0 amide bonds. The first-order valence-corrected chi connectivity index (χ1v) is 6.12. The molecule has 0 aliphatic rings. The first-order chi connectivity index (χ1) is 8.12. The number of rotatable bonds is 3. The zero-order valence-electron chi connectivity index (χ0n) is 8.58. The molecule has 0 spiro atoms. The molecule has 0 aliphatic heterocycles. The smallest absolute Gasteiger partial charge is 0.278 e. The molecule has 2 aromatic rings. The number of nitriles is 1. The van der Waals surface area contributed by atoms with Crippen molar-refractivity contribution < 1.29 is 8.42 Å². The van der Waals surface area contributed by atoms with Crippen LogP contribution in [-0.2, 0) is 10.0 Å². The van der Waals surface area contributed by atoms with Gasteiger partial charge in [0.2, 0.25) is 0 Å². The number of anilines is 1. The summed E-state index contributed by atoms with van der Waals surface area (Å²) >= 11 is 0. The third-order valence-corrected chi connectivity index (χ3v) is 3.32. The van der Waals surface area contributed by atoms with E-state index in [1.54, 1.807) is 18.2 Å². The molecule has 0 radical (unpaired) electrons. The number of aromatic amines is 1. The van der Waals surface area contributed by atoms with Crippen LogP contribution >= 0.6 is 0 Å². The lowest BCUT2D eigenvalue weighted by Crippen LogP contribution is -2.13. The Morgan fingerprint density at radius 3 is 2.82 bits per heavy atom. The molecule has 1 aromatic heterocycles. The maximum absolute atomic E-state index is 11.8. The Morgan fingerprint density at radius 2 is 2.18 bits per heavy atom. The van der Waals surface area contributed by atoms with Gasteiger partial charge in [-0.15, -0.1) is 0 Å². The summed E-state index contributed by atoms with van der Waals surface area (Å²) in [5, 5.41) is 14.6. The molecule has 1 heterocycles. The molecule has 86 valence electrons. The number of nitrogens with one attached hydrogen (secondary N) is 2. The van der Waals surface area contributed by atoms with Crippen LogP contribution in [-0.4, -0.2) is 18.6 Å². The van der Waals surface area contributed by atoms with Crippen LogP contribution in [0.1, 0.15) is 5.56 Å². The van der Waals surface area contributed by atoms with Gasteiger partial charge in [-0.1, -0.05) is 6.07 Å². The minimum Gasteiger partial charge on any atom is -0.278 e. The van der Waals surface area contributed by atoms with Gasteiger partial charge in [0.05, 0.1) is 23.5 Å². The van der Waals surface area contributed by atoms with E-state index in [0.29, 0.717) is 11.3 Å². The van der Waals surface area contributed by atoms with Gasteiger partial charge in [0.1, 0.15) is 0 Å². The molecule has 7 heteroatoms. The number of aromatic nitrogens is 2. The molecule has 2 N–H and O–H groups in total. The van der Waals surface area contributed by atoms with Gasteiger partial charge in [-0.25, -0.2) is 0 Å². The standard InChI is InChI=1S/C10H8N4O2S/c11-7-8-2-1-3-9(6-8)14-17(15,16)10-4-5-12-13-10/h1-6,14H,(H,12,13). The molecule has 17 heavy (non-hydrogen) atoms. The molecule has 0 fully saturated rings. The summed E-state index contributed by atoms with van der Waals surface area (Å²) in [7, 11) is -3.67. The van der Waals surface area contributed by atoms with Crippen molar-refractivity contribution in [3.8, 4) is 6.07 Å². The molecule has 1 aromatic carbocycles. The molecule has 2 rings (SSSR count). The van der Waals surface area contributed by atoms with Gasteiger partial charge < -0.3 is 0 Å². The Labute approximate surface area is 98.0 Å². The second kappa shape index (κ2) is 4.27. The predicted octanol–water partition coefficient (Wildman–Crippen LogP) is 1.08. The van der Waals surface area contributed by atoms with Gasteiger partial charge in [-0.2, -0.15) is 18.8 Å². The minimum absolute atomic E-state index is 0.0279. The number of hydrogen-bond donors (Lipinski definition) is 2. The van der Waals surface area contributed by atoms with E-state index in [0.717, 1.165) is 0 Å². The summed E-state index contributed by atoms with van der Waals surface area (Å²) in [5.41, 5.74) is 0.716. The van der Waals surface area contributed by atoms with Crippen LogP contribution in [0.3, 0.4) is 0 Å². The molecule has 0 bridgehead atoms. The SMILES string of the molecule is N#Cc1cccc(NS(=O)(=O)c2ccn[nH]2)c1. The summed E-state index contributed by atoms with van der Waals surface area (Å²) in [6.07, 6.45) is 1.35. The van der Waals surface area contributed by atoms with Crippen molar-refractivity contribution in [2.75, 3.05) is 4.72 Å². The zero-order valence-corrected chi connectivity index (χ0v) is 9.40. The Kier molecular flexibility index (Phi) is 2.80. The fourth-order valence-corrected chi connectivity index (χ4v) is 2.22. The summed E-state index contributed by atoms with van der Waals surface area (Å²) in [4.78, 5) is 0. The van der Waals surface area contributed by atoms with Crippen molar-refractivity contribution in [3.05, 3.63) is 42.1 Å². The monoisotopic (exact) mass is 248 g/mol. The molecule has 0 saturated carbocycles. The number of nitrogens with zero attached hydrogens (tertiary/aromatic N) is 2. The van der Waals surface area contributed by atoms with Crippen LogP contribution in [0, 0.1) is 11.3 Å². The summed E-state index contributed by atoms with van der Waals surface area (Å²) in [5.74, 6) is 0. The fraction of sp³-hybridized carbons (Fsp3) is 0. The van der Waals surface area contributed by atoms with Gasteiger partial charge in [-0.05, 0) is 24.3 Å². The molecule has 0 aliphatic carbocycles. The van der Waals surface area contributed by atoms with Crippen LogP contribution in [0.2, 0.25) is 0 Å². The van der Waals surface area contributed by atoms with Crippen molar-refractivity contribution in [1.82, 2.24) is 10.2 Å². The third-order valence-electron chi connectivity index (χ3n) is 2.01. The highest BCUT2D eigenvalue weighted by Crippen LogP contribution is 2.14. The van der Waals surface area contributed by atoms with Crippen LogP contribution in [0.15, 0.2) is 41.6 Å². The van der Waals surface area contributed by atoms with E-state index in [-0.39, 0.29) is 5.03 Å². The lowest BCUT2D eigenvalue weighted by molar-refractivity contribution is 0.597. The van der Waals surface area contributed by atoms with E-state index >= 15 is 0 Å². The van der Waals surface area contributed by atoms with E-state index in [9.17, 15) is 8.42 Å². The Bertz CT molecular complexity index is 656. The van der Waals surface area contributed by atoms with Crippen LogP contribution in [0.5, 0.6) is 0 Å². The normalized spacial score (nSPS) is 10.8. The van der Waals surface area contributed by atoms with Gasteiger partial charge in [0.25, 0.3) is 10.0 Å². The first-order valence-electron chi connectivity index (χ1n) is 4.64. The van der Waals surface area contributed by atoms with Crippen molar-refractivity contribution in [3.63, 3.8) is 0 Å². The van der Waals surface area contributed by atoms with E-state index in [1.165, 1.54) is 18.3 Å². The lowest BCUT2D eigenvalue weighted by atomic mass is 10.2. The molecule has 0 atom stereocenters. The summed E-state index contributed by atoms with van der Waals surface area (Å²) < 4.78 is 25.9. The average Bonchev–Trinajstić information content (AvgIpc) is 2.83. The quantitative estimate of drug-likeness (QED) is 0.849. The molecule has 6 nitrogen and oxygen atoms in total. The number of sulfonamides is 1. The molecule has 0 unspecified atom stereocenters. The van der Waals surface area contributed by atoms with Crippen molar-refractivity contribution in [2.24, 2.45) is 0 Å². The van der Waals surface area contributed by atoms with Crippen LogP contribution < -0.4 is 4.72 Å². The van der Waals surface area contributed by atoms with Crippen molar-refractivity contribution in [1.29, 1.82) is 5.26 Å². The molecular weight excluding hydrogens is 240 g/mol. The molecular formula is C10H8N4O2S. The minimum atomic E-state index is -3.67. The van der Waals surface area contributed by atoms with Gasteiger partial charge in [0, 0.05) is 0 Å². The highest BCUT2D eigenvalue weighted by molar-refractivity contribution is 7.92.